The number of anilines is 1. The third kappa shape index (κ3) is 2.41. The normalized spacial score (nSPS) is 20.9. The molecule has 0 amide bonds. The standard InChI is InChI=1S/C17H18FN5O/c1-2-22-10-21-15-16(22)19-9-20-17(15)23-8-13(24)7-14(23)11-3-5-12(18)6-4-11/h3-6,9-10,13-14,24H,2,7-8H2,1H3/t13-,14+/m0/s1. The van der Waals surface area contributed by atoms with Crippen LogP contribution < -0.4 is 4.90 Å². The minimum absolute atomic E-state index is 0.0644. The van der Waals surface area contributed by atoms with Crippen LogP contribution in [-0.2, 0) is 6.54 Å². The number of imidazole rings is 1. The summed E-state index contributed by atoms with van der Waals surface area (Å²) in [6.45, 7) is 3.27. The van der Waals surface area contributed by atoms with Crippen molar-refractivity contribution in [3.8, 4) is 0 Å². The van der Waals surface area contributed by atoms with Gasteiger partial charge in [0.25, 0.3) is 0 Å². The molecule has 1 saturated heterocycles. The van der Waals surface area contributed by atoms with Crippen molar-refractivity contribution in [3.05, 3.63) is 48.3 Å². The smallest absolute Gasteiger partial charge is 0.165 e. The fraction of sp³-hybridized carbons (Fsp3) is 0.353. The van der Waals surface area contributed by atoms with Gasteiger partial charge in [-0.1, -0.05) is 12.1 Å². The number of aliphatic hydroxyl groups excluding tert-OH is 1. The molecule has 1 aliphatic heterocycles. The second kappa shape index (κ2) is 5.83. The van der Waals surface area contributed by atoms with Gasteiger partial charge < -0.3 is 14.6 Å². The highest BCUT2D eigenvalue weighted by atomic mass is 19.1. The SMILES string of the molecule is CCn1cnc2c(N3C[C@@H](O)C[C@@H]3c3ccc(F)cc3)ncnc21. The van der Waals surface area contributed by atoms with E-state index in [4.69, 9.17) is 0 Å². The number of rotatable bonds is 3. The topological polar surface area (TPSA) is 67.1 Å². The van der Waals surface area contributed by atoms with Crippen LogP contribution in [0.25, 0.3) is 11.2 Å². The third-order valence-electron chi connectivity index (χ3n) is 4.53. The van der Waals surface area contributed by atoms with Gasteiger partial charge in [-0.2, -0.15) is 0 Å². The Kier molecular flexibility index (Phi) is 3.65. The molecule has 0 radical (unpaired) electrons. The second-order valence-electron chi connectivity index (χ2n) is 6.01. The molecule has 124 valence electrons. The Morgan fingerprint density at radius 3 is 2.75 bits per heavy atom. The summed E-state index contributed by atoms with van der Waals surface area (Å²) >= 11 is 0. The molecule has 4 rings (SSSR count). The van der Waals surface area contributed by atoms with E-state index in [9.17, 15) is 9.50 Å². The van der Waals surface area contributed by atoms with Crippen LogP contribution in [0.1, 0.15) is 24.9 Å². The molecule has 3 heterocycles. The van der Waals surface area contributed by atoms with Gasteiger partial charge >= 0.3 is 0 Å². The molecule has 2 aromatic heterocycles. The lowest BCUT2D eigenvalue weighted by molar-refractivity contribution is 0.194. The van der Waals surface area contributed by atoms with Crippen LogP contribution in [0.15, 0.2) is 36.9 Å². The second-order valence-corrected chi connectivity index (χ2v) is 6.01. The Balaban J connectivity index is 1.79. The first-order chi connectivity index (χ1) is 11.7. The van der Waals surface area contributed by atoms with Crippen molar-refractivity contribution in [1.82, 2.24) is 19.5 Å². The first-order valence-electron chi connectivity index (χ1n) is 8.03. The van der Waals surface area contributed by atoms with Crippen LogP contribution in [0.4, 0.5) is 10.2 Å². The van der Waals surface area contributed by atoms with Crippen molar-refractivity contribution < 1.29 is 9.50 Å². The van der Waals surface area contributed by atoms with E-state index in [-0.39, 0.29) is 11.9 Å². The van der Waals surface area contributed by atoms with Gasteiger partial charge in [-0.25, -0.2) is 19.3 Å². The maximum atomic E-state index is 13.2. The summed E-state index contributed by atoms with van der Waals surface area (Å²) < 4.78 is 15.2. The Labute approximate surface area is 138 Å². The van der Waals surface area contributed by atoms with Gasteiger partial charge in [-0.05, 0) is 31.0 Å². The molecule has 7 heteroatoms. The van der Waals surface area contributed by atoms with Crippen LogP contribution in [0.2, 0.25) is 0 Å². The molecule has 0 saturated carbocycles. The quantitative estimate of drug-likeness (QED) is 0.799. The number of β-amino-alcohol motifs (C(OH)–C–C–N with tert-alkyl or cyclic N) is 1. The van der Waals surface area contributed by atoms with E-state index in [1.165, 1.54) is 18.5 Å². The van der Waals surface area contributed by atoms with E-state index in [0.717, 1.165) is 23.3 Å². The summed E-state index contributed by atoms with van der Waals surface area (Å²) in [5.74, 6) is 0.438. The van der Waals surface area contributed by atoms with Crippen LogP contribution >= 0.6 is 0 Å². The maximum Gasteiger partial charge on any atom is 0.165 e. The average molecular weight is 327 g/mol. The maximum absolute atomic E-state index is 13.2. The van der Waals surface area contributed by atoms with Crippen LogP contribution in [0, 0.1) is 5.82 Å². The lowest BCUT2D eigenvalue weighted by atomic mass is 10.0. The molecular weight excluding hydrogens is 309 g/mol. The number of fused-ring (bicyclic) bond motifs is 1. The zero-order valence-electron chi connectivity index (χ0n) is 13.3. The number of nitrogens with zero attached hydrogens (tertiary/aromatic N) is 5. The zero-order valence-corrected chi connectivity index (χ0v) is 13.3. The Hall–Kier alpha value is -2.54. The predicted molar refractivity (Wildman–Crippen MR) is 88.1 cm³/mol. The van der Waals surface area contributed by atoms with Crippen molar-refractivity contribution in [2.75, 3.05) is 11.4 Å². The van der Waals surface area contributed by atoms with Crippen LogP contribution in [0.5, 0.6) is 0 Å². The molecule has 2 atom stereocenters. The summed E-state index contributed by atoms with van der Waals surface area (Å²) in [6, 6.07) is 6.34. The molecule has 6 nitrogen and oxygen atoms in total. The number of halogens is 1. The van der Waals surface area contributed by atoms with Crippen molar-refractivity contribution in [3.63, 3.8) is 0 Å². The number of hydrogen-bond donors (Lipinski definition) is 1. The van der Waals surface area contributed by atoms with E-state index < -0.39 is 6.10 Å². The molecule has 1 aliphatic rings. The first-order valence-corrected chi connectivity index (χ1v) is 8.03. The fourth-order valence-corrected chi connectivity index (χ4v) is 3.36. The van der Waals surface area contributed by atoms with Crippen molar-refractivity contribution >= 4 is 17.0 Å². The molecule has 0 spiro atoms. The van der Waals surface area contributed by atoms with Gasteiger partial charge in [0, 0.05) is 13.1 Å². The zero-order chi connectivity index (χ0) is 16.7. The molecule has 3 aromatic rings. The largest absolute Gasteiger partial charge is 0.391 e. The van der Waals surface area contributed by atoms with Crippen molar-refractivity contribution in [2.24, 2.45) is 0 Å². The van der Waals surface area contributed by atoms with Gasteiger partial charge in [0.2, 0.25) is 0 Å². The monoisotopic (exact) mass is 327 g/mol. The minimum Gasteiger partial charge on any atom is -0.391 e. The van der Waals surface area contributed by atoms with Gasteiger partial charge in [-0.3, -0.25) is 0 Å². The molecule has 0 bridgehead atoms. The predicted octanol–water partition coefficient (Wildman–Crippen LogP) is 2.30. The lowest BCUT2D eigenvalue weighted by Crippen LogP contribution is -2.25. The summed E-state index contributed by atoms with van der Waals surface area (Å²) in [5.41, 5.74) is 2.46. The Morgan fingerprint density at radius 2 is 2.00 bits per heavy atom. The molecule has 0 unspecified atom stereocenters. The highest BCUT2D eigenvalue weighted by Gasteiger charge is 2.34. The summed E-state index contributed by atoms with van der Waals surface area (Å²) in [6.07, 6.45) is 3.39. The number of aryl methyl sites for hydroxylation is 1. The fourth-order valence-electron chi connectivity index (χ4n) is 3.36. The van der Waals surface area contributed by atoms with Crippen molar-refractivity contribution in [1.29, 1.82) is 0 Å². The molecule has 1 aromatic carbocycles. The van der Waals surface area contributed by atoms with Gasteiger partial charge in [-0.15, -0.1) is 0 Å². The number of benzene rings is 1. The number of hydrogen-bond acceptors (Lipinski definition) is 5. The van der Waals surface area contributed by atoms with Crippen LogP contribution in [-0.4, -0.2) is 37.3 Å². The van der Waals surface area contributed by atoms with E-state index in [1.54, 1.807) is 18.5 Å². The van der Waals surface area contributed by atoms with Crippen molar-refractivity contribution in [2.45, 2.75) is 32.0 Å². The first kappa shape index (κ1) is 15.0. The Bertz CT molecular complexity index is 863. The average Bonchev–Trinajstić information content (AvgIpc) is 3.18. The molecular formula is C17H18FN5O. The molecule has 1 fully saturated rings. The van der Waals surface area contributed by atoms with Gasteiger partial charge in [0.15, 0.2) is 17.0 Å². The highest BCUT2D eigenvalue weighted by molar-refractivity contribution is 5.83. The summed E-state index contributed by atoms with van der Waals surface area (Å²) in [5, 5.41) is 10.2. The minimum atomic E-state index is -0.460. The molecule has 24 heavy (non-hydrogen) atoms. The summed E-state index contributed by atoms with van der Waals surface area (Å²) in [4.78, 5) is 15.2. The van der Waals surface area contributed by atoms with E-state index in [1.807, 2.05) is 16.4 Å². The van der Waals surface area contributed by atoms with E-state index in [0.29, 0.717) is 18.8 Å². The van der Waals surface area contributed by atoms with Crippen LogP contribution in [0.3, 0.4) is 0 Å². The Morgan fingerprint density at radius 1 is 1.21 bits per heavy atom. The number of aliphatic hydroxyl groups is 1. The molecule has 1 N–H and O–H groups in total. The van der Waals surface area contributed by atoms with E-state index >= 15 is 0 Å². The highest BCUT2D eigenvalue weighted by Crippen LogP contribution is 2.37. The van der Waals surface area contributed by atoms with E-state index in [2.05, 4.69) is 15.0 Å². The van der Waals surface area contributed by atoms with Gasteiger partial charge in [0.05, 0.1) is 18.5 Å². The lowest BCUT2D eigenvalue weighted by Gasteiger charge is -2.25. The number of aromatic nitrogens is 4. The third-order valence-corrected chi connectivity index (χ3v) is 4.53. The summed E-state index contributed by atoms with van der Waals surface area (Å²) in [7, 11) is 0. The molecule has 0 aliphatic carbocycles. The van der Waals surface area contributed by atoms with Gasteiger partial charge in [0.1, 0.15) is 12.1 Å².